The molecule has 3 heteroatoms. The molecule has 0 heterocycles. The van der Waals surface area contributed by atoms with E-state index in [0.29, 0.717) is 0 Å². The number of amides is 1. The lowest BCUT2D eigenvalue weighted by Gasteiger charge is -2.24. The van der Waals surface area contributed by atoms with E-state index in [-0.39, 0.29) is 11.8 Å². The van der Waals surface area contributed by atoms with Gasteiger partial charge in [-0.25, -0.2) is 0 Å². The minimum Gasteiger partial charge on any atom is -0.299 e. The van der Waals surface area contributed by atoms with Gasteiger partial charge in [0.15, 0.2) is 0 Å². The first kappa shape index (κ1) is 9.06. The summed E-state index contributed by atoms with van der Waals surface area (Å²) < 4.78 is 0. The second-order valence-electron chi connectivity index (χ2n) is 3.61. The summed E-state index contributed by atoms with van der Waals surface area (Å²) in [4.78, 5) is 11.4. The third-order valence-electron chi connectivity index (χ3n) is 2.58. The van der Waals surface area contributed by atoms with Crippen molar-refractivity contribution in [1.29, 1.82) is 0 Å². The molecule has 3 nitrogen and oxygen atoms in total. The van der Waals surface area contributed by atoms with E-state index in [9.17, 15) is 4.79 Å². The fourth-order valence-electron chi connectivity index (χ4n) is 1.43. The maximum atomic E-state index is 11.4. The zero-order chi connectivity index (χ0) is 9.80. The minimum atomic E-state index is 0.111. The number of anilines is 1. The quantitative estimate of drug-likeness (QED) is 0.715. The summed E-state index contributed by atoms with van der Waals surface area (Å²) in [7, 11) is 0. The fourth-order valence-corrected chi connectivity index (χ4v) is 1.43. The first-order valence-electron chi connectivity index (χ1n) is 4.97. The Morgan fingerprint density at radius 3 is 2.50 bits per heavy atom. The highest BCUT2D eigenvalue weighted by Crippen LogP contribution is 2.26. The Balaban J connectivity index is 1.79. The van der Waals surface area contributed by atoms with Gasteiger partial charge in [-0.15, -0.1) is 0 Å². The van der Waals surface area contributed by atoms with E-state index < -0.39 is 0 Å². The molecule has 1 aliphatic carbocycles. The largest absolute Gasteiger partial charge is 0.299 e. The number of hydrogen-bond donors (Lipinski definition) is 2. The van der Waals surface area contributed by atoms with Gasteiger partial charge in [-0.3, -0.25) is 15.6 Å². The van der Waals surface area contributed by atoms with Crippen molar-refractivity contribution < 1.29 is 4.79 Å². The highest BCUT2D eigenvalue weighted by atomic mass is 16.2. The van der Waals surface area contributed by atoms with Crippen molar-refractivity contribution in [3.8, 4) is 0 Å². The van der Waals surface area contributed by atoms with Gasteiger partial charge in [0.05, 0.1) is 5.69 Å². The molecule has 0 unspecified atom stereocenters. The van der Waals surface area contributed by atoms with Gasteiger partial charge in [0, 0.05) is 5.92 Å². The molecule has 0 atom stereocenters. The molecule has 0 aliphatic heterocycles. The van der Waals surface area contributed by atoms with Crippen molar-refractivity contribution in [1.82, 2.24) is 5.43 Å². The van der Waals surface area contributed by atoms with E-state index in [1.165, 1.54) is 6.42 Å². The molecule has 2 rings (SSSR count). The van der Waals surface area contributed by atoms with Crippen LogP contribution in [0.3, 0.4) is 0 Å². The summed E-state index contributed by atoms with van der Waals surface area (Å²) in [6.07, 6.45) is 3.24. The smallest absolute Gasteiger partial charge is 0.241 e. The van der Waals surface area contributed by atoms with E-state index in [1.54, 1.807) is 0 Å². The number of hydrazine groups is 1. The lowest BCUT2D eigenvalue weighted by molar-refractivity contribution is -0.126. The first-order valence-corrected chi connectivity index (χ1v) is 4.97. The van der Waals surface area contributed by atoms with E-state index in [0.717, 1.165) is 18.5 Å². The van der Waals surface area contributed by atoms with Gasteiger partial charge in [0.25, 0.3) is 0 Å². The highest BCUT2D eigenvalue weighted by molar-refractivity contribution is 5.80. The van der Waals surface area contributed by atoms with Crippen LogP contribution in [0, 0.1) is 5.92 Å². The first-order chi connectivity index (χ1) is 6.86. The van der Waals surface area contributed by atoms with Crippen molar-refractivity contribution >= 4 is 11.6 Å². The number of hydrogen-bond acceptors (Lipinski definition) is 2. The minimum absolute atomic E-state index is 0.111. The maximum Gasteiger partial charge on any atom is 0.241 e. The van der Waals surface area contributed by atoms with Crippen LogP contribution >= 0.6 is 0 Å². The summed E-state index contributed by atoms with van der Waals surface area (Å²) in [6, 6.07) is 9.64. The second kappa shape index (κ2) is 4.13. The third kappa shape index (κ3) is 2.05. The molecule has 14 heavy (non-hydrogen) atoms. The van der Waals surface area contributed by atoms with Gasteiger partial charge in [0.2, 0.25) is 5.91 Å². The summed E-state index contributed by atoms with van der Waals surface area (Å²) in [6.45, 7) is 0. The number of benzene rings is 1. The molecule has 0 saturated heterocycles. The average molecular weight is 190 g/mol. The monoisotopic (exact) mass is 190 g/mol. The van der Waals surface area contributed by atoms with Gasteiger partial charge < -0.3 is 0 Å². The zero-order valence-electron chi connectivity index (χ0n) is 7.99. The van der Waals surface area contributed by atoms with Crippen LogP contribution in [0.2, 0.25) is 0 Å². The Kier molecular flexibility index (Phi) is 2.68. The molecule has 1 saturated carbocycles. The Morgan fingerprint density at radius 1 is 1.21 bits per heavy atom. The Labute approximate surface area is 83.5 Å². The Hall–Kier alpha value is -1.51. The van der Waals surface area contributed by atoms with Crippen molar-refractivity contribution in [2.45, 2.75) is 19.3 Å². The third-order valence-corrected chi connectivity index (χ3v) is 2.58. The number of nitrogens with one attached hydrogen (secondary N) is 2. The summed E-state index contributed by atoms with van der Waals surface area (Å²) in [5, 5.41) is 0. The number of para-hydroxylation sites is 1. The van der Waals surface area contributed by atoms with E-state index in [2.05, 4.69) is 10.9 Å². The summed E-state index contributed by atoms with van der Waals surface area (Å²) in [5.74, 6) is 0.339. The normalized spacial score (nSPS) is 15.7. The average Bonchev–Trinajstić information content (AvgIpc) is 2.14. The molecule has 1 fully saturated rings. The van der Waals surface area contributed by atoms with Gasteiger partial charge in [0.1, 0.15) is 0 Å². The van der Waals surface area contributed by atoms with Crippen LogP contribution < -0.4 is 10.9 Å². The zero-order valence-corrected chi connectivity index (χ0v) is 7.99. The number of carbonyl (C=O) groups is 1. The van der Waals surface area contributed by atoms with Crippen molar-refractivity contribution in [3.05, 3.63) is 30.3 Å². The molecule has 74 valence electrons. The maximum absolute atomic E-state index is 11.4. The second-order valence-corrected chi connectivity index (χ2v) is 3.61. The molecular weight excluding hydrogens is 176 g/mol. The van der Waals surface area contributed by atoms with Crippen LogP contribution in [0.25, 0.3) is 0 Å². The molecule has 1 aromatic rings. The van der Waals surface area contributed by atoms with Gasteiger partial charge >= 0.3 is 0 Å². The molecule has 2 N–H and O–H groups in total. The van der Waals surface area contributed by atoms with Crippen molar-refractivity contribution in [2.75, 3.05) is 5.43 Å². The van der Waals surface area contributed by atoms with E-state index >= 15 is 0 Å². The molecule has 0 aromatic heterocycles. The summed E-state index contributed by atoms with van der Waals surface area (Å²) >= 11 is 0. The topological polar surface area (TPSA) is 41.1 Å². The van der Waals surface area contributed by atoms with Crippen LogP contribution in [0.5, 0.6) is 0 Å². The van der Waals surface area contributed by atoms with Gasteiger partial charge in [-0.2, -0.15) is 0 Å². The van der Waals surface area contributed by atoms with E-state index in [4.69, 9.17) is 0 Å². The lowest BCUT2D eigenvalue weighted by Crippen LogP contribution is -2.37. The van der Waals surface area contributed by atoms with E-state index in [1.807, 2.05) is 30.3 Å². The molecule has 1 amide bonds. The Bertz CT molecular complexity index is 306. The highest BCUT2D eigenvalue weighted by Gasteiger charge is 2.24. The van der Waals surface area contributed by atoms with Crippen LogP contribution in [-0.2, 0) is 4.79 Å². The molecule has 0 bridgehead atoms. The van der Waals surface area contributed by atoms with Gasteiger partial charge in [-0.05, 0) is 25.0 Å². The van der Waals surface area contributed by atoms with Crippen LogP contribution in [0.4, 0.5) is 5.69 Å². The SMILES string of the molecule is O=C(NNc1ccccc1)C1CCC1. The Morgan fingerprint density at radius 2 is 1.93 bits per heavy atom. The van der Waals surface area contributed by atoms with Crippen LogP contribution in [-0.4, -0.2) is 5.91 Å². The summed E-state index contributed by atoms with van der Waals surface area (Å²) in [5.41, 5.74) is 6.52. The van der Waals surface area contributed by atoms with Gasteiger partial charge in [-0.1, -0.05) is 24.6 Å². The van der Waals surface area contributed by atoms with Crippen LogP contribution in [0.15, 0.2) is 30.3 Å². The predicted octanol–water partition coefficient (Wildman–Crippen LogP) is 1.93. The standard InChI is InChI=1S/C11H14N2O/c14-11(9-5-4-6-9)13-12-10-7-2-1-3-8-10/h1-3,7-9,12H,4-6H2,(H,13,14). The molecule has 0 spiro atoms. The molecule has 0 radical (unpaired) electrons. The van der Waals surface area contributed by atoms with Crippen molar-refractivity contribution in [2.24, 2.45) is 5.92 Å². The lowest BCUT2D eigenvalue weighted by atomic mass is 9.85. The number of rotatable bonds is 3. The van der Waals surface area contributed by atoms with Crippen molar-refractivity contribution in [3.63, 3.8) is 0 Å². The molecule has 1 aromatic carbocycles. The van der Waals surface area contributed by atoms with Crippen LogP contribution in [0.1, 0.15) is 19.3 Å². The fraction of sp³-hybridized carbons (Fsp3) is 0.364. The number of carbonyl (C=O) groups excluding carboxylic acids is 1. The predicted molar refractivity (Wildman–Crippen MR) is 55.5 cm³/mol. The molecular formula is C11H14N2O. The molecule has 1 aliphatic rings.